The quantitative estimate of drug-likeness (QED) is 0.357. The first kappa shape index (κ1) is 23.2. The van der Waals surface area contributed by atoms with Gasteiger partial charge in [-0.25, -0.2) is 4.79 Å². The maximum absolute atomic E-state index is 13.0. The standard InChI is InChI=1S/C23H27BrN2O5/c1-13(2)12-19(26-21(28)17-6-4-5-7-18(17)22(26)29)23(30)31-14(3)20(27)25-16-10-8-15(24)9-11-16/h4-5,8-11,13-14,17-19H,6-7,12H2,1-3H3,(H,25,27). The lowest BCUT2D eigenvalue weighted by atomic mass is 9.85. The van der Waals surface area contributed by atoms with Gasteiger partial charge in [0, 0.05) is 10.2 Å². The van der Waals surface area contributed by atoms with Crippen molar-refractivity contribution in [1.82, 2.24) is 4.90 Å². The lowest BCUT2D eigenvalue weighted by Gasteiger charge is -2.27. The van der Waals surface area contributed by atoms with Crippen molar-refractivity contribution >= 4 is 45.3 Å². The van der Waals surface area contributed by atoms with E-state index in [0.29, 0.717) is 18.5 Å². The number of imide groups is 1. The van der Waals surface area contributed by atoms with Crippen LogP contribution in [0.15, 0.2) is 40.9 Å². The summed E-state index contributed by atoms with van der Waals surface area (Å²) in [6.07, 6.45) is 4.01. The molecule has 1 aromatic rings. The number of anilines is 1. The molecule has 7 nitrogen and oxygen atoms in total. The number of ether oxygens (including phenoxy) is 1. The van der Waals surface area contributed by atoms with Crippen LogP contribution in [0.1, 0.15) is 40.0 Å². The number of esters is 1. The third-order valence-corrected chi connectivity index (χ3v) is 6.12. The number of carbonyl (C=O) groups excluding carboxylic acids is 4. The van der Waals surface area contributed by atoms with Crippen LogP contribution < -0.4 is 5.32 Å². The van der Waals surface area contributed by atoms with Crippen LogP contribution in [-0.2, 0) is 23.9 Å². The number of amides is 3. The Morgan fingerprint density at radius 1 is 1.06 bits per heavy atom. The lowest BCUT2D eigenvalue weighted by molar-refractivity contribution is -0.164. The second kappa shape index (κ2) is 9.77. The van der Waals surface area contributed by atoms with Gasteiger partial charge in [-0.3, -0.25) is 19.3 Å². The zero-order valence-electron chi connectivity index (χ0n) is 17.8. The summed E-state index contributed by atoms with van der Waals surface area (Å²) in [5, 5.41) is 2.69. The summed E-state index contributed by atoms with van der Waals surface area (Å²) in [4.78, 5) is 52.5. The van der Waals surface area contributed by atoms with Gasteiger partial charge in [0.1, 0.15) is 6.04 Å². The number of likely N-dealkylation sites (tertiary alicyclic amines) is 1. The molecule has 1 aliphatic heterocycles. The summed E-state index contributed by atoms with van der Waals surface area (Å²) < 4.78 is 6.28. The van der Waals surface area contributed by atoms with E-state index in [1.54, 1.807) is 24.3 Å². The van der Waals surface area contributed by atoms with E-state index in [1.165, 1.54) is 6.92 Å². The minimum Gasteiger partial charge on any atom is -0.451 e. The Morgan fingerprint density at radius 3 is 2.13 bits per heavy atom. The number of nitrogens with zero attached hydrogens (tertiary/aromatic N) is 1. The van der Waals surface area contributed by atoms with Crippen LogP contribution in [-0.4, -0.2) is 40.7 Å². The minimum atomic E-state index is -1.08. The van der Waals surface area contributed by atoms with Crippen LogP contribution in [0.2, 0.25) is 0 Å². The number of halogens is 1. The molecular weight excluding hydrogens is 464 g/mol. The van der Waals surface area contributed by atoms with Gasteiger partial charge < -0.3 is 10.1 Å². The van der Waals surface area contributed by atoms with Crippen molar-refractivity contribution in [2.75, 3.05) is 5.32 Å². The number of rotatable bonds is 7. The Balaban J connectivity index is 1.71. The summed E-state index contributed by atoms with van der Waals surface area (Å²) in [7, 11) is 0. The number of carbonyl (C=O) groups is 4. The molecule has 4 unspecified atom stereocenters. The Morgan fingerprint density at radius 2 is 1.61 bits per heavy atom. The second-order valence-electron chi connectivity index (χ2n) is 8.42. The van der Waals surface area contributed by atoms with E-state index in [4.69, 9.17) is 4.74 Å². The number of fused-ring (bicyclic) bond motifs is 1. The van der Waals surface area contributed by atoms with E-state index < -0.39 is 35.9 Å². The molecule has 1 heterocycles. The van der Waals surface area contributed by atoms with Gasteiger partial charge in [-0.1, -0.05) is 41.9 Å². The van der Waals surface area contributed by atoms with E-state index in [0.717, 1.165) is 9.37 Å². The summed E-state index contributed by atoms with van der Waals surface area (Å²) in [5.74, 6) is -2.67. The molecule has 0 bridgehead atoms. The molecule has 4 atom stereocenters. The molecule has 1 saturated heterocycles. The van der Waals surface area contributed by atoms with Crippen LogP contribution >= 0.6 is 15.9 Å². The van der Waals surface area contributed by atoms with Crippen molar-refractivity contribution in [3.63, 3.8) is 0 Å². The van der Waals surface area contributed by atoms with Crippen molar-refractivity contribution in [3.05, 3.63) is 40.9 Å². The molecule has 31 heavy (non-hydrogen) atoms. The van der Waals surface area contributed by atoms with Crippen molar-refractivity contribution < 1.29 is 23.9 Å². The summed E-state index contributed by atoms with van der Waals surface area (Å²) in [6, 6.07) is 5.96. The third-order valence-electron chi connectivity index (χ3n) is 5.59. The predicted molar refractivity (Wildman–Crippen MR) is 119 cm³/mol. The van der Waals surface area contributed by atoms with Crippen LogP contribution in [0.5, 0.6) is 0 Å². The lowest BCUT2D eigenvalue weighted by Crippen LogP contribution is -2.48. The van der Waals surface area contributed by atoms with E-state index in [2.05, 4.69) is 21.2 Å². The van der Waals surface area contributed by atoms with Crippen LogP contribution in [0.25, 0.3) is 0 Å². The average molecular weight is 491 g/mol. The molecular formula is C23H27BrN2O5. The highest BCUT2D eigenvalue weighted by Gasteiger charge is 2.51. The molecule has 0 radical (unpaired) electrons. The number of hydrogen-bond acceptors (Lipinski definition) is 5. The van der Waals surface area contributed by atoms with Gasteiger partial charge in [-0.2, -0.15) is 0 Å². The van der Waals surface area contributed by atoms with Crippen LogP contribution in [0.4, 0.5) is 5.69 Å². The fourth-order valence-corrected chi connectivity index (χ4v) is 4.23. The van der Waals surface area contributed by atoms with Crippen molar-refractivity contribution in [3.8, 4) is 0 Å². The van der Waals surface area contributed by atoms with Crippen molar-refractivity contribution in [1.29, 1.82) is 0 Å². The Kier molecular flexibility index (Phi) is 7.30. The SMILES string of the molecule is CC(C)CC(C(=O)OC(C)C(=O)Nc1ccc(Br)cc1)N1C(=O)C2CC=CCC2C1=O. The molecule has 1 fully saturated rings. The highest BCUT2D eigenvalue weighted by atomic mass is 79.9. The molecule has 3 amide bonds. The normalized spacial score (nSPS) is 22.3. The molecule has 0 saturated carbocycles. The van der Waals surface area contributed by atoms with Crippen molar-refractivity contribution in [2.45, 2.75) is 52.2 Å². The maximum Gasteiger partial charge on any atom is 0.330 e. The molecule has 1 aliphatic carbocycles. The van der Waals surface area contributed by atoms with Gasteiger partial charge >= 0.3 is 5.97 Å². The van der Waals surface area contributed by atoms with Gasteiger partial charge in [-0.05, 0) is 56.4 Å². The van der Waals surface area contributed by atoms with E-state index in [1.807, 2.05) is 26.0 Å². The van der Waals surface area contributed by atoms with E-state index >= 15 is 0 Å². The number of benzene rings is 1. The zero-order chi connectivity index (χ0) is 22.7. The Hall–Kier alpha value is -2.48. The molecule has 8 heteroatoms. The number of nitrogens with one attached hydrogen (secondary N) is 1. The molecule has 0 aromatic heterocycles. The monoisotopic (exact) mass is 490 g/mol. The highest BCUT2D eigenvalue weighted by molar-refractivity contribution is 9.10. The zero-order valence-corrected chi connectivity index (χ0v) is 19.4. The summed E-state index contributed by atoms with van der Waals surface area (Å²) >= 11 is 3.33. The molecule has 0 spiro atoms. The third kappa shape index (κ3) is 5.23. The number of hydrogen-bond donors (Lipinski definition) is 1. The predicted octanol–water partition coefficient (Wildman–Crippen LogP) is 3.69. The summed E-state index contributed by atoms with van der Waals surface area (Å²) in [6.45, 7) is 5.28. The Labute approximate surface area is 190 Å². The largest absolute Gasteiger partial charge is 0.451 e. The smallest absolute Gasteiger partial charge is 0.330 e. The molecule has 166 valence electrons. The maximum atomic E-state index is 13.0. The second-order valence-corrected chi connectivity index (χ2v) is 9.34. The molecule has 1 aromatic carbocycles. The van der Waals surface area contributed by atoms with Gasteiger partial charge in [0.05, 0.1) is 11.8 Å². The van der Waals surface area contributed by atoms with Crippen LogP contribution in [0, 0.1) is 17.8 Å². The molecule has 2 aliphatic rings. The first-order valence-corrected chi connectivity index (χ1v) is 11.3. The summed E-state index contributed by atoms with van der Waals surface area (Å²) in [5.41, 5.74) is 0.566. The first-order valence-electron chi connectivity index (χ1n) is 10.5. The highest BCUT2D eigenvalue weighted by Crippen LogP contribution is 2.37. The van der Waals surface area contributed by atoms with Crippen LogP contribution in [0.3, 0.4) is 0 Å². The van der Waals surface area contributed by atoms with Gasteiger partial charge in [0.25, 0.3) is 5.91 Å². The van der Waals surface area contributed by atoms with Gasteiger partial charge in [0.2, 0.25) is 11.8 Å². The average Bonchev–Trinajstić information content (AvgIpc) is 2.98. The Bertz CT molecular complexity index is 870. The fourth-order valence-electron chi connectivity index (χ4n) is 3.97. The topological polar surface area (TPSA) is 92.8 Å². The van der Waals surface area contributed by atoms with E-state index in [9.17, 15) is 19.2 Å². The van der Waals surface area contributed by atoms with Gasteiger partial charge in [-0.15, -0.1) is 0 Å². The van der Waals surface area contributed by atoms with E-state index in [-0.39, 0.29) is 24.2 Å². The molecule has 3 rings (SSSR count). The van der Waals surface area contributed by atoms with Crippen molar-refractivity contribution in [2.24, 2.45) is 17.8 Å². The van der Waals surface area contributed by atoms with Gasteiger partial charge in [0.15, 0.2) is 6.10 Å². The number of allylic oxidation sites excluding steroid dienone is 2. The fraction of sp³-hybridized carbons (Fsp3) is 0.478. The molecule has 1 N–H and O–H groups in total. The minimum absolute atomic E-state index is 0.0470. The first-order chi connectivity index (χ1) is 14.7.